The number of carbonyl (C=O) groups excluding carboxylic acids is 1. The summed E-state index contributed by atoms with van der Waals surface area (Å²) in [6, 6.07) is 9.51. The molecule has 0 spiro atoms. The lowest BCUT2D eigenvalue weighted by atomic mass is 10.1. The minimum atomic E-state index is -0.503. The van der Waals surface area contributed by atoms with Gasteiger partial charge in [0.25, 0.3) is 11.6 Å². The van der Waals surface area contributed by atoms with Gasteiger partial charge < -0.3 is 16.0 Å². The maximum atomic E-state index is 12.5. The van der Waals surface area contributed by atoms with Crippen molar-refractivity contribution in [3.63, 3.8) is 0 Å². The first kappa shape index (κ1) is 19.3. The summed E-state index contributed by atoms with van der Waals surface area (Å²) in [4.78, 5) is 29.2. The van der Waals surface area contributed by atoms with Gasteiger partial charge in [-0.2, -0.15) is 0 Å². The summed E-state index contributed by atoms with van der Waals surface area (Å²) in [5.41, 5.74) is 6.76. The third-order valence-corrected chi connectivity index (χ3v) is 4.27. The molecule has 0 bridgehead atoms. The number of nitrogens with zero attached hydrogens (tertiary/aromatic N) is 3. The van der Waals surface area contributed by atoms with E-state index in [4.69, 9.17) is 5.73 Å². The Balaban J connectivity index is 2.29. The van der Waals surface area contributed by atoms with E-state index >= 15 is 0 Å². The quantitative estimate of drug-likeness (QED) is 0.581. The third-order valence-electron chi connectivity index (χ3n) is 4.27. The standard InChI is InChI=1S/C18H23N5O3/c1-12(11-19)22(3)18(24)14-7-8-16(17(10-14)23(25)26)21-13(2)15-6-4-5-9-20-15/h4-10,12-13,21H,11,19H2,1-3H3. The van der Waals surface area contributed by atoms with Crippen molar-refractivity contribution in [1.29, 1.82) is 0 Å². The van der Waals surface area contributed by atoms with Crippen LogP contribution in [-0.2, 0) is 0 Å². The highest BCUT2D eigenvalue weighted by Crippen LogP contribution is 2.29. The molecule has 2 rings (SSSR count). The molecule has 1 amide bonds. The lowest BCUT2D eigenvalue weighted by Gasteiger charge is -2.23. The first-order chi connectivity index (χ1) is 12.3. The van der Waals surface area contributed by atoms with Crippen molar-refractivity contribution in [2.45, 2.75) is 25.9 Å². The zero-order valence-electron chi connectivity index (χ0n) is 15.0. The number of likely N-dealkylation sites (N-methyl/N-ethyl adjacent to an activating group) is 1. The summed E-state index contributed by atoms with van der Waals surface area (Å²) in [5, 5.41) is 14.6. The molecule has 0 aliphatic heterocycles. The van der Waals surface area contributed by atoms with Gasteiger partial charge in [0.1, 0.15) is 5.69 Å². The smallest absolute Gasteiger partial charge is 0.293 e. The summed E-state index contributed by atoms with van der Waals surface area (Å²) in [5.74, 6) is -0.310. The molecule has 2 unspecified atom stereocenters. The van der Waals surface area contributed by atoms with Crippen LogP contribution in [0.3, 0.4) is 0 Å². The van der Waals surface area contributed by atoms with Crippen LogP contribution in [-0.4, -0.2) is 40.3 Å². The van der Waals surface area contributed by atoms with E-state index < -0.39 is 4.92 Å². The number of nitrogens with one attached hydrogen (secondary N) is 1. The van der Waals surface area contributed by atoms with Crippen LogP contribution in [0.25, 0.3) is 0 Å². The highest BCUT2D eigenvalue weighted by molar-refractivity contribution is 5.95. The van der Waals surface area contributed by atoms with Crippen molar-refractivity contribution >= 4 is 17.3 Å². The van der Waals surface area contributed by atoms with Gasteiger partial charge in [0, 0.05) is 37.5 Å². The van der Waals surface area contributed by atoms with Crippen molar-refractivity contribution in [1.82, 2.24) is 9.88 Å². The molecule has 0 radical (unpaired) electrons. The number of nitro groups is 1. The lowest BCUT2D eigenvalue weighted by Crippen LogP contribution is -2.39. The molecule has 0 saturated heterocycles. The average molecular weight is 357 g/mol. The largest absolute Gasteiger partial charge is 0.371 e. The van der Waals surface area contributed by atoms with Gasteiger partial charge in [-0.3, -0.25) is 19.9 Å². The maximum Gasteiger partial charge on any atom is 0.293 e. The van der Waals surface area contributed by atoms with E-state index in [2.05, 4.69) is 10.3 Å². The molecule has 3 N–H and O–H groups in total. The minimum Gasteiger partial charge on any atom is -0.371 e. The van der Waals surface area contributed by atoms with Crippen LogP contribution in [0.2, 0.25) is 0 Å². The Hall–Kier alpha value is -3.00. The molecular formula is C18H23N5O3. The summed E-state index contributed by atoms with van der Waals surface area (Å²) in [6.07, 6.45) is 1.66. The van der Waals surface area contributed by atoms with Gasteiger partial charge in [0.05, 0.1) is 16.7 Å². The first-order valence-electron chi connectivity index (χ1n) is 8.28. The number of hydrogen-bond acceptors (Lipinski definition) is 6. The molecule has 0 aliphatic rings. The van der Waals surface area contributed by atoms with E-state index in [9.17, 15) is 14.9 Å². The first-order valence-corrected chi connectivity index (χ1v) is 8.28. The zero-order chi connectivity index (χ0) is 19.3. The number of carbonyl (C=O) groups is 1. The van der Waals surface area contributed by atoms with Crippen molar-refractivity contribution in [3.8, 4) is 0 Å². The van der Waals surface area contributed by atoms with Gasteiger partial charge in [0.15, 0.2) is 0 Å². The van der Waals surface area contributed by atoms with Gasteiger partial charge in [-0.05, 0) is 38.1 Å². The number of anilines is 1. The van der Waals surface area contributed by atoms with Crippen molar-refractivity contribution in [2.75, 3.05) is 18.9 Å². The molecule has 8 nitrogen and oxygen atoms in total. The fraction of sp³-hybridized carbons (Fsp3) is 0.333. The van der Waals surface area contributed by atoms with Gasteiger partial charge in [-0.1, -0.05) is 6.07 Å². The highest BCUT2D eigenvalue weighted by Gasteiger charge is 2.22. The Morgan fingerprint density at radius 3 is 2.65 bits per heavy atom. The minimum absolute atomic E-state index is 0.160. The van der Waals surface area contributed by atoms with Gasteiger partial charge >= 0.3 is 0 Å². The molecular weight excluding hydrogens is 334 g/mol. The second-order valence-corrected chi connectivity index (χ2v) is 6.11. The highest BCUT2D eigenvalue weighted by atomic mass is 16.6. The SMILES string of the molecule is CC(Nc1ccc(C(=O)N(C)C(C)CN)cc1[N+](=O)[O-])c1ccccn1. The predicted octanol–water partition coefficient (Wildman–Crippen LogP) is 2.58. The second kappa shape index (κ2) is 8.39. The van der Waals surface area contributed by atoms with Crippen LogP contribution in [0.4, 0.5) is 11.4 Å². The fourth-order valence-electron chi connectivity index (χ4n) is 2.44. The molecule has 0 aliphatic carbocycles. The second-order valence-electron chi connectivity index (χ2n) is 6.11. The van der Waals surface area contributed by atoms with Crippen molar-refractivity contribution in [2.24, 2.45) is 5.73 Å². The number of aromatic nitrogens is 1. The molecule has 138 valence electrons. The third kappa shape index (κ3) is 4.34. The van der Waals surface area contributed by atoms with E-state index in [1.165, 1.54) is 11.0 Å². The van der Waals surface area contributed by atoms with Crippen molar-refractivity contribution in [3.05, 3.63) is 64.0 Å². The molecule has 1 heterocycles. The number of pyridine rings is 1. The fourth-order valence-corrected chi connectivity index (χ4v) is 2.44. The van der Waals surface area contributed by atoms with Gasteiger partial charge in [-0.15, -0.1) is 0 Å². The predicted molar refractivity (Wildman–Crippen MR) is 100.0 cm³/mol. The molecule has 0 fully saturated rings. The Morgan fingerprint density at radius 2 is 2.08 bits per heavy atom. The molecule has 1 aromatic heterocycles. The Labute approximate surface area is 152 Å². The normalized spacial score (nSPS) is 12.9. The van der Waals surface area contributed by atoms with Crippen LogP contribution >= 0.6 is 0 Å². The Kier molecular flexibility index (Phi) is 6.24. The number of nitro benzene ring substituents is 1. The van der Waals surface area contributed by atoms with E-state index in [-0.39, 0.29) is 29.2 Å². The molecule has 26 heavy (non-hydrogen) atoms. The number of amides is 1. The summed E-state index contributed by atoms with van der Waals surface area (Å²) < 4.78 is 0. The summed E-state index contributed by atoms with van der Waals surface area (Å²) >= 11 is 0. The van der Waals surface area contributed by atoms with Crippen molar-refractivity contribution < 1.29 is 9.72 Å². The Morgan fingerprint density at radius 1 is 1.35 bits per heavy atom. The summed E-state index contributed by atoms with van der Waals surface area (Å²) in [7, 11) is 1.63. The lowest BCUT2D eigenvalue weighted by molar-refractivity contribution is -0.384. The zero-order valence-corrected chi connectivity index (χ0v) is 15.0. The molecule has 0 saturated carbocycles. The number of benzene rings is 1. The topological polar surface area (TPSA) is 114 Å². The van der Waals surface area contributed by atoms with Crippen LogP contribution in [0.5, 0.6) is 0 Å². The average Bonchev–Trinajstić information content (AvgIpc) is 2.66. The van der Waals surface area contributed by atoms with Crippen LogP contribution in [0.1, 0.15) is 35.9 Å². The molecule has 2 atom stereocenters. The Bertz CT molecular complexity index is 782. The van der Waals surface area contributed by atoms with Crippen LogP contribution in [0.15, 0.2) is 42.6 Å². The number of rotatable bonds is 7. The summed E-state index contributed by atoms with van der Waals surface area (Å²) in [6.45, 7) is 3.99. The van der Waals surface area contributed by atoms with E-state index in [1.807, 2.05) is 26.0 Å². The van der Waals surface area contributed by atoms with Gasteiger partial charge in [-0.25, -0.2) is 0 Å². The van der Waals surface area contributed by atoms with Crippen LogP contribution < -0.4 is 11.1 Å². The van der Waals surface area contributed by atoms with Gasteiger partial charge in [0.2, 0.25) is 0 Å². The monoisotopic (exact) mass is 357 g/mol. The van der Waals surface area contributed by atoms with E-state index in [1.54, 1.807) is 31.4 Å². The molecule has 2 aromatic rings. The van der Waals surface area contributed by atoms with Crippen LogP contribution in [0, 0.1) is 10.1 Å². The number of nitrogens with two attached hydrogens (primary N) is 1. The number of hydrogen-bond donors (Lipinski definition) is 2. The van der Waals surface area contributed by atoms with E-state index in [0.717, 1.165) is 5.69 Å². The molecule has 8 heteroatoms. The van der Waals surface area contributed by atoms with E-state index in [0.29, 0.717) is 12.2 Å². The molecule has 1 aromatic carbocycles. The maximum absolute atomic E-state index is 12.5.